The van der Waals surface area contributed by atoms with Gasteiger partial charge in [0, 0.05) is 75.7 Å². The number of hydrogen-bond donors (Lipinski definition) is 4. The second-order valence-electron chi connectivity index (χ2n) is 13.8. The molecule has 4 aliphatic rings. The molecule has 5 heterocycles. The van der Waals surface area contributed by atoms with Crippen molar-refractivity contribution in [1.29, 1.82) is 0 Å². The minimum Gasteiger partial charge on any atom is -0.492 e. The second kappa shape index (κ2) is 14.2. The molecule has 1 aliphatic carbocycles. The molecular weight excluding hydrogens is 678 g/mol. The maximum Gasteiger partial charge on any atom is 0.341 e. The van der Waals surface area contributed by atoms with Gasteiger partial charge in [-0.05, 0) is 63.3 Å². The predicted molar refractivity (Wildman–Crippen MR) is 193 cm³/mol. The molecular formula is C37H42F2N6O7. The van der Waals surface area contributed by atoms with Gasteiger partial charge in [-0.3, -0.25) is 9.59 Å². The number of pyridine rings is 2. The number of nitrogens with zero attached hydrogens (tertiary/aromatic N) is 4. The molecule has 0 unspecified atom stereocenters. The highest BCUT2D eigenvalue weighted by Gasteiger charge is 2.38. The SMILES string of the molecule is CCn1cc(C(=O)O)c(=O)c2cc(F)c(N3CCNCC3)cc21.COc1c(N2C[C@@H]3CCCN[C@@H]3C2)c(F)cc2c(=O)c(C(=O)O)cn(C3CC3)c12. The van der Waals surface area contributed by atoms with Gasteiger partial charge in [-0.15, -0.1) is 0 Å². The number of aromatic carboxylic acids is 2. The van der Waals surface area contributed by atoms with Crippen molar-refractivity contribution in [3.05, 3.63) is 73.8 Å². The highest BCUT2D eigenvalue weighted by molar-refractivity contribution is 5.97. The lowest BCUT2D eigenvalue weighted by Crippen LogP contribution is -2.43. The zero-order valence-corrected chi connectivity index (χ0v) is 29.1. The molecule has 2 atom stereocenters. The molecule has 0 amide bonds. The number of rotatable bonds is 7. The summed E-state index contributed by atoms with van der Waals surface area (Å²) in [4.78, 5) is 51.8. The monoisotopic (exact) mass is 720 g/mol. The van der Waals surface area contributed by atoms with Gasteiger partial charge in [-0.2, -0.15) is 0 Å². The molecule has 15 heteroatoms. The van der Waals surface area contributed by atoms with Crippen molar-refractivity contribution < 1.29 is 33.3 Å². The van der Waals surface area contributed by atoms with Gasteiger partial charge in [-0.25, -0.2) is 18.4 Å². The zero-order chi connectivity index (χ0) is 36.8. The minimum absolute atomic E-state index is 0.0599. The van der Waals surface area contributed by atoms with Crippen LogP contribution in [0.25, 0.3) is 21.8 Å². The van der Waals surface area contributed by atoms with Crippen LogP contribution < -0.4 is 36.0 Å². The van der Waals surface area contributed by atoms with E-state index in [1.807, 2.05) is 16.7 Å². The summed E-state index contributed by atoms with van der Waals surface area (Å²) in [5.74, 6) is -2.87. The van der Waals surface area contributed by atoms with Crippen LogP contribution in [0.3, 0.4) is 0 Å². The number of piperidine rings is 1. The molecule has 276 valence electrons. The van der Waals surface area contributed by atoms with Crippen molar-refractivity contribution in [3.63, 3.8) is 0 Å². The molecule has 0 spiro atoms. The first kappa shape index (κ1) is 35.4. The normalized spacial score (nSPS) is 20.1. The van der Waals surface area contributed by atoms with Gasteiger partial charge in [-0.1, -0.05) is 0 Å². The number of benzene rings is 2. The molecule has 8 rings (SSSR count). The Morgan fingerprint density at radius 3 is 2.19 bits per heavy atom. The van der Waals surface area contributed by atoms with Crippen LogP contribution in [0, 0.1) is 17.6 Å². The molecule has 2 aromatic carbocycles. The van der Waals surface area contributed by atoms with E-state index in [4.69, 9.17) is 9.84 Å². The number of carboxylic acid groups (broad SMARTS) is 2. The third-order valence-corrected chi connectivity index (χ3v) is 10.7. The highest BCUT2D eigenvalue weighted by Crippen LogP contribution is 2.45. The Balaban J connectivity index is 0.000000167. The molecule has 4 aromatic rings. The molecule has 52 heavy (non-hydrogen) atoms. The summed E-state index contributed by atoms with van der Waals surface area (Å²) in [5, 5.41) is 25.5. The fourth-order valence-electron chi connectivity index (χ4n) is 7.91. The molecule has 0 bridgehead atoms. The summed E-state index contributed by atoms with van der Waals surface area (Å²) in [5.41, 5.74) is -0.144. The fourth-order valence-corrected chi connectivity index (χ4v) is 7.91. The van der Waals surface area contributed by atoms with E-state index in [0.717, 1.165) is 57.9 Å². The van der Waals surface area contributed by atoms with Crippen LogP contribution in [0.4, 0.5) is 20.2 Å². The van der Waals surface area contributed by atoms with Crippen LogP contribution in [0.5, 0.6) is 5.75 Å². The van der Waals surface area contributed by atoms with Crippen LogP contribution >= 0.6 is 0 Å². The van der Waals surface area contributed by atoms with Gasteiger partial charge in [0.1, 0.15) is 22.6 Å². The van der Waals surface area contributed by atoms with Crippen LogP contribution in [0.1, 0.15) is 59.4 Å². The summed E-state index contributed by atoms with van der Waals surface area (Å²) < 4.78 is 39.0. The van der Waals surface area contributed by atoms with Crippen molar-refractivity contribution in [2.75, 3.05) is 62.7 Å². The summed E-state index contributed by atoms with van der Waals surface area (Å²) in [6, 6.07) is 4.42. The average molecular weight is 721 g/mol. The average Bonchev–Trinajstić information content (AvgIpc) is 3.89. The third-order valence-electron chi connectivity index (χ3n) is 10.7. The minimum atomic E-state index is -1.30. The molecule has 13 nitrogen and oxygen atoms in total. The molecule has 4 fully saturated rings. The van der Waals surface area contributed by atoms with E-state index in [1.165, 1.54) is 25.6 Å². The first-order valence-electron chi connectivity index (χ1n) is 17.7. The van der Waals surface area contributed by atoms with Crippen molar-refractivity contribution in [2.24, 2.45) is 5.92 Å². The van der Waals surface area contributed by atoms with Gasteiger partial charge in [0.15, 0.2) is 11.6 Å². The van der Waals surface area contributed by atoms with E-state index in [2.05, 4.69) is 10.6 Å². The zero-order valence-electron chi connectivity index (χ0n) is 29.1. The topological polar surface area (TPSA) is 158 Å². The van der Waals surface area contributed by atoms with E-state index >= 15 is 4.39 Å². The number of fused-ring (bicyclic) bond motifs is 3. The molecule has 4 N–H and O–H groups in total. The lowest BCUT2D eigenvalue weighted by Gasteiger charge is -2.30. The first-order chi connectivity index (χ1) is 25.0. The lowest BCUT2D eigenvalue weighted by atomic mass is 9.94. The number of anilines is 2. The Morgan fingerprint density at radius 1 is 0.885 bits per heavy atom. The van der Waals surface area contributed by atoms with Gasteiger partial charge in [0.2, 0.25) is 10.9 Å². The maximum atomic E-state index is 15.3. The van der Waals surface area contributed by atoms with Crippen LogP contribution in [0.15, 0.2) is 40.2 Å². The van der Waals surface area contributed by atoms with Crippen LogP contribution in [-0.2, 0) is 6.54 Å². The third kappa shape index (κ3) is 6.36. The Morgan fingerprint density at radius 2 is 1.56 bits per heavy atom. The van der Waals surface area contributed by atoms with E-state index in [9.17, 15) is 28.7 Å². The quantitative estimate of drug-likeness (QED) is 0.221. The number of hydrogen-bond acceptors (Lipinski definition) is 9. The van der Waals surface area contributed by atoms with Crippen LogP contribution in [-0.4, -0.2) is 90.3 Å². The Labute approximate surface area is 297 Å². The Kier molecular flexibility index (Phi) is 9.65. The molecule has 1 saturated carbocycles. The number of carboxylic acids is 2. The molecule has 3 aliphatic heterocycles. The number of halogens is 2. The van der Waals surface area contributed by atoms with Gasteiger partial charge in [0.05, 0.1) is 29.2 Å². The predicted octanol–water partition coefficient (Wildman–Crippen LogP) is 3.64. The number of piperazine rings is 1. The fraction of sp³-hybridized carbons (Fsp3) is 0.459. The van der Waals surface area contributed by atoms with Crippen molar-refractivity contribution in [3.8, 4) is 5.75 Å². The Hall–Kier alpha value is -5.02. The number of carbonyl (C=O) groups is 2. The summed E-state index contributed by atoms with van der Waals surface area (Å²) in [6.07, 6.45) is 6.73. The van der Waals surface area contributed by atoms with Crippen LogP contribution in [0.2, 0.25) is 0 Å². The van der Waals surface area contributed by atoms with Crippen molar-refractivity contribution >= 4 is 45.1 Å². The van der Waals surface area contributed by atoms with E-state index < -0.39 is 34.4 Å². The summed E-state index contributed by atoms with van der Waals surface area (Å²) in [7, 11) is 1.48. The molecule has 0 radical (unpaired) electrons. The second-order valence-corrected chi connectivity index (χ2v) is 13.8. The van der Waals surface area contributed by atoms with Gasteiger partial charge >= 0.3 is 11.9 Å². The van der Waals surface area contributed by atoms with Gasteiger partial charge < -0.3 is 44.5 Å². The standard InChI is InChI=1S/C21H24FN3O4.C16H18FN3O3/c1-29-20-17-13(19(26)14(21(27)28)9-25(17)12-4-5-12)7-15(22)18(20)24-8-11-3-2-6-23-16(11)10-24;1-2-19-9-11(16(22)23)15(21)10-7-12(17)14(8-13(10)19)20-5-3-18-4-6-20/h7,9,11-12,16,23H,2-6,8,10H2,1H3,(H,27,28);7-9,18H,2-6H2,1H3,(H,22,23)/t11-,16+;/m0./s1. The summed E-state index contributed by atoms with van der Waals surface area (Å²) in [6.45, 7) is 7.66. The van der Waals surface area contributed by atoms with E-state index in [1.54, 1.807) is 15.2 Å². The highest BCUT2D eigenvalue weighted by atomic mass is 19.1. The van der Waals surface area contributed by atoms with Crippen molar-refractivity contribution in [1.82, 2.24) is 19.8 Å². The number of methoxy groups -OCH3 is 1. The van der Waals surface area contributed by atoms with E-state index in [-0.39, 0.29) is 27.9 Å². The number of nitrogens with one attached hydrogen (secondary N) is 2. The van der Waals surface area contributed by atoms with E-state index in [0.29, 0.717) is 66.3 Å². The van der Waals surface area contributed by atoms with Crippen molar-refractivity contribution in [2.45, 2.75) is 51.2 Å². The Bertz CT molecular complexity index is 2180. The number of ether oxygens (including phenoxy) is 1. The summed E-state index contributed by atoms with van der Waals surface area (Å²) >= 11 is 0. The largest absolute Gasteiger partial charge is 0.492 e. The lowest BCUT2D eigenvalue weighted by molar-refractivity contribution is 0.0684. The molecule has 3 saturated heterocycles. The smallest absolute Gasteiger partial charge is 0.341 e. The maximum absolute atomic E-state index is 15.3. The van der Waals surface area contributed by atoms with Gasteiger partial charge in [0.25, 0.3) is 0 Å². The first-order valence-corrected chi connectivity index (χ1v) is 17.7. The number of aryl methyl sites for hydroxylation is 1. The number of aromatic nitrogens is 2. The molecule has 2 aromatic heterocycles.